The lowest BCUT2D eigenvalue weighted by molar-refractivity contribution is 0.377. The van der Waals surface area contributed by atoms with Crippen LogP contribution in [0, 0.1) is 5.41 Å². The van der Waals surface area contributed by atoms with E-state index in [1.165, 1.54) is 69.8 Å². The van der Waals surface area contributed by atoms with E-state index in [0.29, 0.717) is 12.3 Å². The molecule has 0 aliphatic heterocycles. The highest BCUT2D eigenvalue weighted by molar-refractivity contribution is 5.34. The van der Waals surface area contributed by atoms with Crippen molar-refractivity contribution in [2.45, 2.75) is 96.3 Å². The molecule has 0 aromatic heterocycles. The Morgan fingerprint density at radius 1 is 0.800 bits per heavy atom. The van der Waals surface area contributed by atoms with E-state index in [-0.39, 0.29) is 5.41 Å². The first kappa shape index (κ1) is 24.6. The number of halogens is 2. The zero-order chi connectivity index (χ0) is 21.5. The Labute approximate surface area is 183 Å². The Morgan fingerprint density at radius 2 is 1.37 bits per heavy atom. The summed E-state index contributed by atoms with van der Waals surface area (Å²) < 4.78 is 25.1. The fourth-order valence-corrected chi connectivity index (χ4v) is 4.46. The van der Waals surface area contributed by atoms with Crippen molar-refractivity contribution in [3.63, 3.8) is 0 Å². The van der Waals surface area contributed by atoms with Crippen molar-refractivity contribution in [2.24, 2.45) is 5.41 Å². The van der Waals surface area contributed by atoms with E-state index in [1.807, 2.05) is 6.07 Å². The Morgan fingerprint density at radius 3 is 1.93 bits per heavy atom. The molecule has 0 nitrogen and oxygen atoms in total. The maximum absolute atomic E-state index is 12.5. The highest BCUT2D eigenvalue weighted by Gasteiger charge is 2.26. The summed E-state index contributed by atoms with van der Waals surface area (Å²) in [5, 5.41) is 0. The van der Waals surface area contributed by atoms with Crippen molar-refractivity contribution in [1.29, 1.82) is 0 Å². The van der Waals surface area contributed by atoms with Gasteiger partial charge in [-0.2, -0.15) is 8.78 Å². The molecule has 1 aromatic carbocycles. The molecule has 0 bridgehead atoms. The second kappa shape index (κ2) is 14.3. The number of benzene rings is 1. The van der Waals surface area contributed by atoms with Gasteiger partial charge in [-0.1, -0.05) is 126 Å². The Kier molecular flexibility index (Phi) is 11.7. The molecule has 0 saturated carbocycles. The number of rotatable bonds is 15. The molecule has 30 heavy (non-hydrogen) atoms. The van der Waals surface area contributed by atoms with E-state index >= 15 is 0 Å². The second-order valence-electron chi connectivity index (χ2n) is 8.85. The van der Waals surface area contributed by atoms with Crippen LogP contribution in [0.1, 0.15) is 102 Å². The summed E-state index contributed by atoms with van der Waals surface area (Å²) in [5.41, 5.74) is 1.21. The molecule has 0 radical (unpaired) electrons. The van der Waals surface area contributed by atoms with Crippen LogP contribution < -0.4 is 0 Å². The van der Waals surface area contributed by atoms with E-state index in [2.05, 4.69) is 55.5 Å². The van der Waals surface area contributed by atoms with Gasteiger partial charge in [0.2, 0.25) is 0 Å². The van der Waals surface area contributed by atoms with Gasteiger partial charge < -0.3 is 0 Å². The zero-order valence-electron chi connectivity index (χ0n) is 18.8. The lowest BCUT2D eigenvalue weighted by Gasteiger charge is -2.31. The molecule has 166 valence electrons. The van der Waals surface area contributed by atoms with Gasteiger partial charge in [0.1, 0.15) is 0 Å². The van der Waals surface area contributed by atoms with Crippen LogP contribution in [0.2, 0.25) is 0 Å². The van der Waals surface area contributed by atoms with Gasteiger partial charge >= 0.3 is 0 Å². The van der Waals surface area contributed by atoms with E-state index < -0.39 is 6.08 Å². The molecule has 0 heterocycles. The first-order valence-electron chi connectivity index (χ1n) is 12.1. The average molecular weight is 415 g/mol. The van der Waals surface area contributed by atoms with Gasteiger partial charge in [-0.15, -0.1) is 0 Å². The zero-order valence-corrected chi connectivity index (χ0v) is 18.8. The number of hydrogen-bond acceptors (Lipinski definition) is 0. The number of hydrogen-bond donors (Lipinski definition) is 0. The van der Waals surface area contributed by atoms with Crippen molar-refractivity contribution < 1.29 is 8.78 Å². The first-order valence-corrected chi connectivity index (χ1v) is 12.1. The van der Waals surface area contributed by atoms with Gasteiger partial charge in [-0.05, 0) is 30.9 Å². The van der Waals surface area contributed by atoms with Crippen molar-refractivity contribution >= 4 is 0 Å². The minimum absolute atomic E-state index is 0.0720. The molecule has 1 aliphatic carbocycles. The smallest absolute Gasteiger partial charge is 0.174 e. The average Bonchev–Trinajstić information content (AvgIpc) is 2.76. The first-order chi connectivity index (χ1) is 14.7. The van der Waals surface area contributed by atoms with Crippen LogP contribution >= 0.6 is 0 Å². The van der Waals surface area contributed by atoms with Gasteiger partial charge in [0.05, 0.1) is 0 Å². The van der Waals surface area contributed by atoms with Crippen LogP contribution in [-0.2, 0) is 0 Å². The van der Waals surface area contributed by atoms with E-state index in [9.17, 15) is 8.78 Å². The number of allylic oxidation sites excluding steroid dienone is 5. The molecular weight excluding hydrogens is 374 g/mol. The summed E-state index contributed by atoms with van der Waals surface area (Å²) >= 11 is 0. The van der Waals surface area contributed by atoms with Crippen molar-refractivity contribution in [3.8, 4) is 0 Å². The van der Waals surface area contributed by atoms with Crippen molar-refractivity contribution in [3.05, 3.63) is 72.4 Å². The molecular formula is C28H40F2. The highest BCUT2D eigenvalue weighted by Crippen LogP contribution is 2.40. The molecule has 0 fully saturated rings. The van der Waals surface area contributed by atoms with Crippen LogP contribution in [0.15, 0.2) is 66.8 Å². The van der Waals surface area contributed by atoms with Crippen LogP contribution in [0.5, 0.6) is 0 Å². The fourth-order valence-electron chi connectivity index (χ4n) is 4.46. The third-order valence-electron chi connectivity index (χ3n) is 6.36. The van der Waals surface area contributed by atoms with Crippen LogP contribution in [0.3, 0.4) is 0 Å². The predicted octanol–water partition coefficient (Wildman–Crippen LogP) is 9.75. The molecule has 0 saturated heterocycles. The summed E-state index contributed by atoms with van der Waals surface area (Å²) in [6.07, 6.45) is 24.1. The van der Waals surface area contributed by atoms with Crippen molar-refractivity contribution in [1.82, 2.24) is 0 Å². The topological polar surface area (TPSA) is 0 Å². The van der Waals surface area contributed by atoms with E-state index in [0.717, 1.165) is 18.9 Å². The monoisotopic (exact) mass is 414 g/mol. The van der Waals surface area contributed by atoms with Crippen molar-refractivity contribution in [2.75, 3.05) is 0 Å². The molecule has 0 atom stereocenters. The molecule has 0 spiro atoms. The van der Waals surface area contributed by atoms with Gasteiger partial charge in [0.25, 0.3) is 6.08 Å². The maximum Gasteiger partial charge on any atom is 0.266 e. The van der Waals surface area contributed by atoms with Gasteiger partial charge in [-0.25, -0.2) is 0 Å². The predicted molar refractivity (Wildman–Crippen MR) is 126 cm³/mol. The molecule has 0 amide bonds. The normalized spacial score (nSPS) is 20.4. The maximum atomic E-state index is 12.5. The van der Waals surface area contributed by atoms with Crippen LogP contribution in [0.4, 0.5) is 8.78 Å². The largest absolute Gasteiger partial charge is 0.266 e. The third kappa shape index (κ3) is 9.41. The molecule has 2 heteroatoms. The minimum atomic E-state index is -1.56. The van der Waals surface area contributed by atoms with Crippen LogP contribution in [-0.4, -0.2) is 0 Å². The second-order valence-corrected chi connectivity index (χ2v) is 8.85. The standard InChI is InChI=1S/C28H40F2/c1-2-3-4-5-6-7-8-9-10-14-21-28(22-15-18-27(29)30)23-19-26(20-24-28)25-16-12-11-13-17-25/h11-13,16-20,23-24,26H,2-10,14-15,21-22H2,1H3. The Hall–Kier alpha value is -1.70. The molecule has 0 N–H and O–H groups in total. The summed E-state index contributed by atoms with van der Waals surface area (Å²) in [5.74, 6) is 0.292. The minimum Gasteiger partial charge on any atom is -0.174 e. The SMILES string of the molecule is CCCCCCCCCCCCC1(CCC=C(F)F)C=CC(c2ccccc2)C=C1. The lowest BCUT2D eigenvalue weighted by atomic mass is 9.73. The quantitative estimate of drug-likeness (QED) is 0.198. The fraction of sp³-hybridized carbons (Fsp3) is 0.571. The number of unbranched alkanes of at least 4 members (excludes halogenated alkanes) is 9. The van der Waals surface area contributed by atoms with E-state index in [1.54, 1.807) is 0 Å². The third-order valence-corrected chi connectivity index (χ3v) is 6.36. The summed E-state index contributed by atoms with van der Waals surface area (Å²) in [6.45, 7) is 2.26. The van der Waals surface area contributed by atoms with Gasteiger partial charge in [0, 0.05) is 11.3 Å². The molecule has 1 aromatic rings. The molecule has 2 rings (SSSR count). The van der Waals surface area contributed by atoms with Crippen LogP contribution in [0.25, 0.3) is 0 Å². The highest BCUT2D eigenvalue weighted by atomic mass is 19.3. The molecule has 0 unspecified atom stereocenters. The van der Waals surface area contributed by atoms with Gasteiger partial charge in [-0.3, -0.25) is 0 Å². The van der Waals surface area contributed by atoms with Gasteiger partial charge in [0.15, 0.2) is 0 Å². The molecule has 1 aliphatic rings. The summed E-state index contributed by atoms with van der Waals surface area (Å²) in [7, 11) is 0. The Bertz CT molecular complexity index is 638. The summed E-state index contributed by atoms with van der Waals surface area (Å²) in [6, 6.07) is 10.5. The Balaban J connectivity index is 1.78. The summed E-state index contributed by atoms with van der Waals surface area (Å²) in [4.78, 5) is 0. The lowest BCUT2D eigenvalue weighted by Crippen LogP contribution is -2.18. The van der Waals surface area contributed by atoms with E-state index in [4.69, 9.17) is 0 Å².